The van der Waals surface area contributed by atoms with Gasteiger partial charge >= 0.3 is 0 Å². The second-order valence-electron chi connectivity index (χ2n) is 10.1. The van der Waals surface area contributed by atoms with Gasteiger partial charge in [0.05, 0.1) is 31.2 Å². The molecular weight excluding hydrogens is 464 g/mol. The Morgan fingerprint density at radius 2 is 2.06 bits per heavy atom. The predicted molar refractivity (Wildman–Crippen MR) is 136 cm³/mol. The molecule has 35 heavy (non-hydrogen) atoms. The third-order valence-corrected chi connectivity index (χ3v) is 9.36. The standard InChI is InChI=1S/C26H36N4O4S/c1-2-26(30-11-13-33-14-12-30)8-5-18(6-9-26)34-19-7-10-28-25-24(19)23-17(3-4-20(23)35-25)15-22(32)29-16-21(27)31/h7,10,17-18H,2-6,8-9,11-16H2,1H3,(H2,27,31)(H,29,32)/t17-,18?,26?/m1/s1. The zero-order chi connectivity index (χ0) is 24.4. The van der Waals surface area contributed by atoms with Crippen molar-refractivity contribution in [1.82, 2.24) is 15.2 Å². The number of aryl methyl sites for hydroxylation is 1. The van der Waals surface area contributed by atoms with Crippen molar-refractivity contribution in [3.05, 3.63) is 22.7 Å². The number of fused-ring (bicyclic) bond motifs is 3. The van der Waals surface area contributed by atoms with Gasteiger partial charge in [0.25, 0.3) is 0 Å². The summed E-state index contributed by atoms with van der Waals surface area (Å²) in [6, 6.07) is 1.99. The molecule has 3 N–H and O–H groups in total. The number of pyridine rings is 1. The molecule has 2 fully saturated rings. The first-order valence-electron chi connectivity index (χ1n) is 12.9. The predicted octanol–water partition coefficient (Wildman–Crippen LogP) is 3.12. The third kappa shape index (κ3) is 5.04. The Kier molecular flexibility index (Phi) is 7.27. The first-order chi connectivity index (χ1) is 17.0. The van der Waals surface area contributed by atoms with Gasteiger partial charge in [-0.3, -0.25) is 14.5 Å². The largest absolute Gasteiger partial charge is 0.490 e. The van der Waals surface area contributed by atoms with Crippen LogP contribution in [0.1, 0.15) is 68.2 Å². The van der Waals surface area contributed by atoms with Gasteiger partial charge in [0.15, 0.2) is 0 Å². The van der Waals surface area contributed by atoms with Crippen LogP contribution in [0.3, 0.4) is 0 Å². The summed E-state index contributed by atoms with van der Waals surface area (Å²) in [6.45, 7) is 5.92. The van der Waals surface area contributed by atoms with Crippen LogP contribution in [0.2, 0.25) is 0 Å². The van der Waals surface area contributed by atoms with E-state index in [1.807, 2.05) is 12.3 Å². The number of hydrogen-bond donors (Lipinski definition) is 2. The number of primary amides is 1. The van der Waals surface area contributed by atoms with E-state index in [1.54, 1.807) is 11.3 Å². The summed E-state index contributed by atoms with van der Waals surface area (Å²) in [5.74, 6) is 0.342. The van der Waals surface area contributed by atoms with Crippen molar-refractivity contribution in [1.29, 1.82) is 0 Å². The highest BCUT2D eigenvalue weighted by atomic mass is 32.1. The second kappa shape index (κ2) is 10.4. The van der Waals surface area contributed by atoms with Crippen LogP contribution in [0.25, 0.3) is 10.2 Å². The third-order valence-electron chi connectivity index (χ3n) is 8.18. The molecule has 0 spiro atoms. The molecule has 1 aliphatic heterocycles. The van der Waals surface area contributed by atoms with Crippen molar-refractivity contribution >= 4 is 33.4 Å². The number of nitrogens with two attached hydrogens (primary N) is 1. The van der Waals surface area contributed by atoms with Gasteiger partial charge in [0.1, 0.15) is 10.6 Å². The van der Waals surface area contributed by atoms with Gasteiger partial charge in [-0.05, 0) is 62.5 Å². The zero-order valence-corrected chi connectivity index (χ0v) is 21.3. The van der Waals surface area contributed by atoms with Crippen LogP contribution in [0, 0.1) is 0 Å². The number of amides is 2. The SMILES string of the molecule is CCC1(N2CCOCC2)CCC(Oc2ccnc3sc4c(c23)[C@@H](CC(=O)NCC(N)=O)CC4)CC1. The number of rotatable bonds is 8. The molecule has 2 aromatic rings. The first kappa shape index (κ1) is 24.5. The van der Waals surface area contributed by atoms with Gasteiger partial charge < -0.3 is 20.5 Å². The number of aromatic nitrogens is 1. The van der Waals surface area contributed by atoms with E-state index in [1.165, 1.54) is 10.4 Å². The molecule has 1 saturated carbocycles. The molecule has 3 heterocycles. The van der Waals surface area contributed by atoms with Gasteiger partial charge in [-0.2, -0.15) is 0 Å². The summed E-state index contributed by atoms with van der Waals surface area (Å²) in [4.78, 5) is 33.0. The molecule has 3 aliphatic rings. The minimum atomic E-state index is -0.528. The Morgan fingerprint density at radius 3 is 2.77 bits per heavy atom. The van der Waals surface area contributed by atoms with E-state index >= 15 is 0 Å². The number of nitrogens with zero attached hydrogens (tertiary/aromatic N) is 2. The van der Waals surface area contributed by atoms with Crippen LogP contribution in [0.5, 0.6) is 5.75 Å². The van der Waals surface area contributed by atoms with Crippen LogP contribution in [-0.4, -0.2) is 66.2 Å². The fourth-order valence-corrected chi connectivity index (χ4v) is 7.53. The number of carbonyl (C=O) groups is 2. The zero-order valence-electron chi connectivity index (χ0n) is 20.5. The van der Waals surface area contributed by atoms with E-state index in [-0.39, 0.29) is 30.0 Å². The summed E-state index contributed by atoms with van der Waals surface area (Å²) < 4.78 is 12.3. The molecule has 9 heteroatoms. The lowest BCUT2D eigenvalue weighted by molar-refractivity contribution is -0.125. The molecular formula is C26H36N4O4S. The summed E-state index contributed by atoms with van der Waals surface area (Å²) >= 11 is 1.72. The van der Waals surface area contributed by atoms with Crippen molar-refractivity contribution in [2.75, 3.05) is 32.8 Å². The van der Waals surface area contributed by atoms with Gasteiger partial charge in [-0.1, -0.05) is 6.92 Å². The van der Waals surface area contributed by atoms with Crippen LogP contribution in [0.15, 0.2) is 12.3 Å². The highest BCUT2D eigenvalue weighted by molar-refractivity contribution is 7.19. The Balaban J connectivity index is 1.30. The number of morpholine rings is 1. The number of thiophene rings is 1. The second-order valence-corrected chi connectivity index (χ2v) is 11.2. The number of nitrogens with one attached hydrogen (secondary N) is 1. The number of hydrogen-bond acceptors (Lipinski definition) is 7. The molecule has 2 aromatic heterocycles. The highest BCUT2D eigenvalue weighted by Gasteiger charge is 2.40. The lowest BCUT2D eigenvalue weighted by atomic mass is 9.77. The quantitative estimate of drug-likeness (QED) is 0.577. The van der Waals surface area contributed by atoms with Crippen LogP contribution in [0.4, 0.5) is 0 Å². The summed E-state index contributed by atoms with van der Waals surface area (Å²) in [7, 11) is 0. The van der Waals surface area contributed by atoms with E-state index < -0.39 is 5.91 Å². The van der Waals surface area contributed by atoms with Gasteiger partial charge in [0, 0.05) is 36.1 Å². The first-order valence-corrected chi connectivity index (χ1v) is 13.8. The van der Waals surface area contributed by atoms with Crippen molar-refractivity contribution in [3.8, 4) is 5.75 Å². The fraction of sp³-hybridized carbons (Fsp3) is 0.654. The molecule has 2 aliphatic carbocycles. The van der Waals surface area contributed by atoms with Crippen molar-refractivity contribution in [3.63, 3.8) is 0 Å². The van der Waals surface area contributed by atoms with Crippen molar-refractivity contribution in [2.24, 2.45) is 5.73 Å². The normalized spacial score (nSPS) is 27.0. The Labute approximate surface area is 210 Å². The van der Waals surface area contributed by atoms with Crippen LogP contribution >= 0.6 is 11.3 Å². The lowest BCUT2D eigenvalue weighted by Gasteiger charge is -2.49. The minimum absolute atomic E-state index is 0.110. The molecule has 0 bridgehead atoms. The van der Waals surface area contributed by atoms with Gasteiger partial charge in [-0.25, -0.2) is 4.98 Å². The molecule has 0 aromatic carbocycles. The molecule has 5 rings (SSSR count). The highest BCUT2D eigenvalue weighted by Crippen LogP contribution is 2.48. The number of ether oxygens (including phenoxy) is 2. The monoisotopic (exact) mass is 500 g/mol. The molecule has 1 atom stereocenters. The Hall–Kier alpha value is -2.23. The van der Waals surface area contributed by atoms with Crippen molar-refractivity contribution in [2.45, 2.75) is 75.9 Å². The summed E-state index contributed by atoms with van der Waals surface area (Å²) in [5, 5.41) is 3.71. The topological polar surface area (TPSA) is 107 Å². The maximum absolute atomic E-state index is 12.4. The van der Waals surface area contributed by atoms with Gasteiger partial charge in [0.2, 0.25) is 11.8 Å². The van der Waals surface area contributed by atoms with E-state index in [9.17, 15) is 9.59 Å². The molecule has 8 nitrogen and oxygen atoms in total. The van der Waals surface area contributed by atoms with Crippen LogP contribution < -0.4 is 15.8 Å². The molecule has 1 saturated heterocycles. The Bertz CT molecular complexity index is 1070. The number of carbonyl (C=O) groups excluding carboxylic acids is 2. The van der Waals surface area contributed by atoms with Crippen molar-refractivity contribution < 1.29 is 19.1 Å². The van der Waals surface area contributed by atoms with E-state index in [0.717, 1.165) is 87.2 Å². The van der Waals surface area contributed by atoms with Crippen LogP contribution in [-0.2, 0) is 20.7 Å². The molecule has 2 amide bonds. The van der Waals surface area contributed by atoms with E-state index in [2.05, 4.69) is 22.1 Å². The molecule has 0 radical (unpaired) electrons. The van der Waals surface area contributed by atoms with E-state index in [4.69, 9.17) is 15.2 Å². The maximum Gasteiger partial charge on any atom is 0.236 e. The molecule has 0 unspecified atom stereocenters. The fourth-order valence-electron chi connectivity index (χ4n) is 6.27. The molecule has 190 valence electrons. The summed E-state index contributed by atoms with van der Waals surface area (Å²) in [6.07, 6.45) is 9.79. The minimum Gasteiger partial charge on any atom is -0.490 e. The average molecular weight is 501 g/mol. The average Bonchev–Trinajstić information content (AvgIpc) is 3.44. The maximum atomic E-state index is 12.4. The summed E-state index contributed by atoms with van der Waals surface area (Å²) in [5.41, 5.74) is 6.66. The van der Waals surface area contributed by atoms with Gasteiger partial charge in [-0.15, -0.1) is 11.3 Å². The lowest BCUT2D eigenvalue weighted by Crippen LogP contribution is -2.55. The Morgan fingerprint density at radius 1 is 1.29 bits per heavy atom. The van der Waals surface area contributed by atoms with E-state index in [0.29, 0.717) is 6.42 Å². The smallest absolute Gasteiger partial charge is 0.236 e.